The van der Waals surface area contributed by atoms with Gasteiger partial charge in [-0.2, -0.15) is 5.26 Å². The number of benzene rings is 2. The fourth-order valence-electron chi connectivity index (χ4n) is 3.85. The SMILES string of the molecule is CN(CC(=O)NC1(C#N)CCCC1)C(c1ccccc1)c1ccc(F)cc1. The third kappa shape index (κ3) is 4.53. The molecule has 0 heterocycles. The molecule has 0 aliphatic heterocycles. The second kappa shape index (κ2) is 8.32. The molecule has 1 N–H and O–H groups in total. The van der Waals surface area contributed by atoms with Gasteiger partial charge in [0.1, 0.15) is 11.4 Å². The Balaban J connectivity index is 1.79. The smallest absolute Gasteiger partial charge is 0.235 e. The first kappa shape index (κ1) is 19.1. The van der Waals surface area contributed by atoms with Gasteiger partial charge in [0, 0.05) is 0 Å². The first-order valence-corrected chi connectivity index (χ1v) is 9.26. The first-order valence-electron chi connectivity index (χ1n) is 9.26. The molecule has 2 aromatic rings. The van der Waals surface area contributed by atoms with E-state index in [9.17, 15) is 14.4 Å². The summed E-state index contributed by atoms with van der Waals surface area (Å²) in [4.78, 5) is 14.6. The van der Waals surface area contributed by atoms with Crippen molar-refractivity contribution in [1.82, 2.24) is 10.2 Å². The van der Waals surface area contributed by atoms with Crippen molar-refractivity contribution in [2.75, 3.05) is 13.6 Å². The van der Waals surface area contributed by atoms with E-state index in [1.165, 1.54) is 12.1 Å². The van der Waals surface area contributed by atoms with Gasteiger partial charge < -0.3 is 5.32 Å². The number of nitriles is 1. The van der Waals surface area contributed by atoms with Gasteiger partial charge in [-0.1, -0.05) is 42.5 Å². The summed E-state index contributed by atoms with van der Waals surface area (Å²) in [6.45, 7) is 0.153. The number of amides is 1. The Morgan fingerprint density at radius 2 is 1.74 bits per heavy atom. The molecule has 1 aliphatic carbocycles. The zero-order valence-corrected chi connectivity index (χ0v) is 15.5. The van der Waals surface area contributed by atoms with Crippen LogP contribution in [0.15, 0.2) is 54.6 Å². The maximum atomic E-state index is 13.4. The maximum absolute atomic E-state index is 13.4. The summed E-state index contributed by atoms with van der Waals surface area (Å²) < 4.78 is 13.4. The summed E-state index contributed by atoms with van der Waals surface area (Å²) in [6.07, 6.45) is 3.34. The molecule has 0 bridgehead atoms. The van der Waals surface area contributed by atoms with Gasteiger partial charge in [0.05, 0.1) is 18.7 Å². The van der Waals surface area contributed by atoms with E-state index in [1.807, 2.05) is 42.3 Å². The lowest BCUT2D eigenvalue weighted by Crippen LogP contribution is -2.49. The molecular weight excluding hydrogens is 341 g/mol. The van der Waals surface area contributed by atoms with Crippen LogP contribution in [-0.4, -0.2) is 29.9 Å². The third-order valence-corrected chi connectivity index (χ3v) is 5.18. The van der Waals surface area contributed by atoms with E-state index in [-0.39, 0.29) is 24.3 Å². The number of halogens is 1. The minimum Gasteiger partial charge on any atom is -0.337 e. The molecule has 3 rings (SSSR count). The summed E-state index contributed by atoms with van der Waals surface area (Å²) >= 11 is 0. The van der Waals surface area contributed by atoms with Gasteiger partial charge in [-0.05, 0) is 56.0 Å². The lowest BCUT2D eigenvalue weighted by atomic mass is 9.97. The Labute approximate surface area is 159 Å². The fourth-order valence-corrected chi connectivity index (χ4v) is 3.85. The Kier molecular flexibility index (Phi) is 5.88. The van der Waals surface area contributed by atoms with Crippen LogP contribution in [0.1, 0.15) is 42.9 Å². The first-order chi connectivity index (χ1) is 13.0. The predicted molar refractivity (Wildman–Crippen MR) is 102 cm³/mol. The van der Waals surface area contributed by atoms with Crippen molar-refractivity contribution in [1.29, 1.82) is 5.26 Å². The van der Waals surface area contributed by atoms with Gasteiger partial charge in [0.2, 0.25) is 5.91 Å². The predicted octanol–water partition coefficient (Wildman–Crippen LogP) is 3.80. The summed E-state index contributed by atoms with van der Waals surface area (Å²) in [5.41, 5.74) is 1.21. The van der Waals surface area contributed by atoms with Crippen molar-refractivity contribution in [3.05, 3.63) is 71.5 Å². The third-order valence-electron chi connectivity index (χ3n) is 5.18. The zero-order valence-electron chi connectivity index (χ0n) is 15.5. The van der Waals surface area contributed by atoms with Crippen molar-refractivity contribution < 1.29 is 9.18 Å². The minimum atomic E-state index is -0.726. The number of nitrogens with zero attached hydrogens (tertiary/aromatic N) is 2. The van der Waals surface area contributed by atoms with Crippen molar-refractivity contribution in [2.24, 2.45) is 0 Å². The number of nitrogens with one attached hydrogen (secondary N) is 1. The van der Waals surface area contributed by atoms with Crippen LogP contribution in [0.4, 0.5) is 4.39 Å². The number of likely N-dealkylation sites (N-methyl/N-ethyl adjacent to an activating group) is 1. The minimum absolute atomic E-state index is 0.153. The monoisotopic (exact) mass is 365 g/mol. The van der Waals surface area contributed by atoms with Gasteiger partial charge in [-0.15, -0.1) is 0 Å². The van der Waals surface area contributed by atoms with Crippen LogP contribution < -0.4 is 5.32 Å². The van der Waals surface area contributed by atoms with Gasteiger partial charge in [0.25, 0.3) is 0 Å². The molecule has 1 saturated carbocycles. The number of hydrogen-bond donors (Lipinski definition) is 1. The van der Waals surface area contributed by atoms with Gasteiger partial charge in [-0.3, -0.25) is 9.69 Å². The average Bonchev–Trinajstić information content (AvgIpc) is 3.13. The van der Waals surface area contributed by atoms with E-state index in [0.29, 0.717) is 12.8 Å². The van der Waals surface area contributed by atoms with E-state index < -0.39 is 5.54 Å². The normalized spacial score (nSPS) is 16.7. The molecule has 2 aromatic carbocycles. The molecule has 140 valence electrons. The van der Waals surface area contributed by atoms with E-state index in [2.05, 4.69) is 11.4 Å². The largest absolute Gasteiger partial charge is 0.337 e. The molecule has 0 spiro atoms. The van der Waals surface area contributed by atoms with Crippen LogP contribution in [0.25, 0.3) is 0 Å². The highest BCUT2D eigenvalue weighted by molar-refractivity contribution is 5.79. The zero-order chi connectivity index (χ0) is 19.3. The molecule has 0 saturated heterocycles. The topological polar surface area (TPSA) is 56.1 Å². The highest BCUT2D eigenvalue weighted by Crippen LogP contribution is 2.30. The number of carbonyl (C=O) groups is 1. The quantitative estimate of drug-likeness (QED) is 0.847. The second-order valence-electron chi connectivity index (χ2n) is 7.23. The molecule has 0 radical (unpaired) electrons. The number of hydrogen-bond acceptors (Lipinski definition) is 3. The lowest BCUT2D eigenvalue weighted by Gasteiger charge is -2.30. The summed E-state index contributed by atoms with van der Waals surface area (Å²) in [7, 11) is 1.87. The molecule has 1 aliphatic rings. The lowest BCUT2D eigenvalue weighted by molar-refractivity contribution is -0.123. The molecular formula is C22H24FN3O. The Morgan fingerprint density at radius 3 is 2.33 bits per heavy atom. The molecule has 1 amide bonds. The molecule has 5 heteroatoms. The molecule has 1 fully saturated rings. The number of carbonyl (C=O) groups excluding carboxylic acids is 1. The van der Waals surface area contributed by atoms with Crippen LogP contribution in [0, 0.1) is 17.1 Å². The molecule has 4 nitrogen and oxygen atoms in total. The van der Waals surface area contributed by atoms with Crippen LogP contribution in [0.5, 0.6) is 0 Å². The van der Waals surface area contributed by atoms with Crippen LogP contribution in [0.3, 0.4) is 0 Å². The van der Waals surface area contributed by atoms with Crippen LogP contribution in [0.2, 0.25) is 0 Å². The van der Waals surface area contributed by atoms with Crippen molar-refractivity contribution in [2.45, 2.75) is 37.3 Å². The van der Waals surface area contributed by atoms with E-state index in [0.717, 1.165) is 24.0 Å². The Hall–Kier alpha value is -2.71. The molecule has 1 atom stereocenters. The van der Waals surface area contributed by atoms with Crippen molar-refractivity contribution in [3.63, 3.8) is 0 Å². The van der Waals surface area contributed by atoms with Crippen LogP contribution >= 0.6 is 0 Å². The Morgan fingerprint density at radius 1 is 1.15 bits per heavy atom. The number of rotatable bonds is 6. The standard InChI is InChI=1S/C22H24FN3O/c1-26(15-20(27)25-22(16-24)13-5-6-14-22)21(17-7-3-2-4-8-17)18-9-11-19(23)12-10-18/h2-4,7-12,21H,5-6,13-15H2,1H3,(H,25,27). The molecule has 0 aromatic heterocycles. The van der Waals surface area contributed by atoms with E-state index >= 15 is 0 Å². The average molecular weight is 365 g/mol. The van der Waals surface area contributed by atoms with E-state index in [1.54, 1.807) is 12.1 Å². The molecule has 27 heavy (non-hydrogen) atoms. The van der Waals surface area contributed by atoms with Crippen molar-refractivity contribution in [3.8, 4) is 6.07 Å². The summed E-state index contributed by atoms with van der Waals surface area (Å²) in [5, 5.41) is 12.4. The second-order valence-corrected chi connectivity index (χ2v) is 7.23. The Bertz CT molecular complexity index is 808. The van der Waals surface area contributed by atoms with Gasteiger partial charge >= 0.3 is 0 Å². The summed E-state index contributed by atoms with van der Waals surface area (Å²) in [5.74, 6) is -0.452. The van der Waals surface area contributed by atoms with E-state index in [4.69, 9.17) is 0 Å². The van der Waals surface area contributed by atoms with Gasteiger partial charge in [0.15, 0.2) is 0 Å². The van der Waals surface area contributed by atoms with Crippen LogP contribution in [-0.2, 0) is 4.79 Å². The fraction of sp³-hybridized carbons (Fsp3) is 0.364. The molecule has 1 unspecified atom stereocenters. The van der Waals surface area contributed by atoms with Crippen molar-refractivity contribution >= 4 is 5.91 Å². The maximum Gasteiger partial charge on any atom is 0.235 e. The highest BCUT2D eigenvalue weighted by atomic mass is 19.1. The highest BCUT2D eigenvalue weighted by Gasteiger charge is 2.35. The van der Waals surface area contributed by atoms with Gasteiger partial charge in [-0.25, -0.2) is 4.39 Å². The summed E-state index contributed by atoms with van der Waals surface area (Å²) in [6, 6.07) is 18.3.